The third-order valence-corrected chi connectivity index (χ3v) is 3.70. The molecule has 0 bridgehead atoms. The van der Waals surface area contributed by atoms with E-state index in [4.69, 9.17) is 0 Å². The molecule has 6 heteroatoms. The van der Waals surface area contributed by atoms with Crippen LogP contribution in [0.2, 0.25) is 0 Å². The molecule has 0 radical (unpaired) electrons. The van der Waals surface area contributed by atoms with Crippen molar-refractivity contribution in [3.8, 4) is 0 Å². The average molecular weight is 268 g/mol. The van der Waals surface area contributed by atoms with Crippen LogP contribution in [0.25, 0.3) is 0 Å². The standard InChI is InChI=1S/C13H24N4O2/c1-14-13(19)16-12(18)9-17(7-10-4-5-10)8-11-3-2-6-15-11/h10-11,15H,2-9H2,1H3,(H2,14,16,18,19). The van der Waals surface area contributed by atoms with Crippen molar-refractivity contribution < 1.29 is 9.59 Å². The van der Waals surface area contributed by atoms with Crippen LogP contribution in [0.5, 0.6) is 0 Å². The van der Waals surface area contributed by atoms with E-state index in [1.165, 1.54) is 32.7 Å². The van der Waals surface area contributed by atoms with Crippen LogP contribution in [0.3, 0.4) is 0 Å². The van der Waals surface area contributed by atoms with E-state index in [-0.39, 0.29) is 5.91 Å². The van der Waals surface area contributed by atoms with E-state index in [2.05, 4.69) is 20.9 Å². The third kappa shape index (κ3) is 5.16. The van der Waals surface area contributed by atoms with Crippen LogP contribution >= 0.6 is 0 Å². The maximum atomic E-state index is 11.8. The molecule has 1 aliphatic heterocycles. The summed E-state index contributed by atoms with van der Waals surface area (Å²) in [6.45, 7) is 3.26. The van der Waals surface area contributed by atoms with Gasteiger partial charge in [0.15, 0.2) is 0 Å². The van der Waals surface area contributed by atoms with E-state index >= 15 is 0 Å². The lowest BCUT2D eigenvalue weighted by Gasteiger charge is -2.24. The zero-order valence-corrected chi connectivity index (χ0v) is 11.6. The van der Waals surface area contributed by atoms with Crippen molar-refractivity contribution in [2.45, 2.75) is 31.7 Å². The molecule has 1 aliphatic carbocycles. The van der Waals surface area contributed by atoms with Gasteiger partial charge in [-0.2, -0.15) is 0 Å². The van der Waals surface area contributed by atoms with Gasteiger partial charge < -0.3 is 10.6 Å². The fraction of sp³-hybridized carbons (Fsp3) is 0.846. The number of nitrogens with one attached hydrogen (secondary N) is 3. The molecule has 1 atom stereocenters. The van der Waals surface area contributed by atoms with Gasteiger partial charge >= 0.3 is 6.03 Å². The molecule has 0 aromatic carbocycles. The van der Waals surface area contributed by atoms with Gasteiger partial charge in [0.1, 0.15) is 0 Å². The SMILES string of the molecule is CNC(=O)NC(=O)CN(CC1CC1)CC1CCCN1. The number of hydrogen-bond donors (Lipinski definition) is 3. The Balaban J connectivity index is 1.78. The summed E-state index contributed by atoms with van der Waals surface area (Å²) in [7, 11) is 1.51. The average Bonchev–Trinajstić information content (AvgIpc) is 3.03. The summed E-state index contributed by atoms with van der Waals surface area (Å²) in [5, 5.41) is 8.17. The van der Waals surface area contributed by atoms with Gasteiger partial charge in [-0.25, -0.2) is 4.79 Å². The summed E-state index contributed by atoms with van der Waals surface area (Å²) in [5.74, 6) is 0.521. The first-order valence-electron chi connectivity index (χ1n) is 7.14. The van der Waals surface area contributed by atoms with E-state index < -0.39 is 6.03 Å². The summed E-state index contributed by atoms with van der Waals surface area (Å²) in [6.07, 6.45) is 4.93. The highest BCUT2D eigenvalue weighted by molar-refractivity contribution is 5.95. The van der Waals surface area contributed by atoms with Gasteiger partial charge in [0, 0.05) is 26.2 Å². The number of imide groups is 1. The fourth-order valence-electron chi connectivity index (χ4n) is 2.53. The lowest BCUT2D eigenvalue weighted by Crippen LogP contribution is -2.46. The monoisotopic (exact) mass is 268 g/mol. The van der Waals surface area contributed by atoms with Crippen molar-refractivity contribution in [3.05, 3.63) is 0 Å². The van der Waals surface area contributed by atoms with Gasteiger partial charge in [-0.05, 0) is 38.1 Å². The molecule has 1 heterocycles. The summed E-state index contributed by atoms with van der Waals surface area (Å²) >= 11 is 0. The lowest BCUT2D eigenvalue weighted by atomic mass is 10.2. The normalized spacial score (nSPS) is 22.5. The molecular formula is C13H24N4O2. The number of amides is 3. The number of urea groups is 1. The number of carbonyl (C=O) groups excluding carboxylic acids is 2. The molecule has 1 unspecified atom stereocenters. The van der Waals surface area contributed by atoms with Crippen LogP contribution in [-0.2, 0) is 4.79 Å². The molecule has 3 N–H and O–H groups in total. The highest BCUT2D eigenvalue weighted by Crippen LogP contribution is 2.29. The summed E-state index contributed by atoms with van der Waals surface area (Å²) in [4.78, 5) is 25.1. The zero-order valence-electron chi connectivity index (χ0n) is 11.6. The van der Waals surface area contributed by atoms with Gasteiger partial charge in [-0.15, -0.1) is 0 Å². The first kappa shape index (κ1) is 14.3. The maximum absolute atomic E-state index is 11.8. The van der Waals surface area contributed by atoms with Crippen LogP contribution in [0, 0.1) is 5.92 Å². The molecule has 0 spiro atoms. The van der Waals surface area contributed by atoms with Gasteiger partial charge in [0.05, 0.1) is 6.54 Å². The third-order valence-electron chi connectivity index (χ3n) is 3.70. The molecule has 0 aromatic rings. The van der Waals surface area contributed by atoms with Gasteiger partial charge in [-0.1, -0.05) is 0 Å². The van der Waals surface area contributed by atoms with E-state index in [0.29, 0.717) is 12.6 Å². The molecule has 6 nitrogen and oxygen atoms in total. The van der Waals surface area contributed by atoms with Crippen molar-refractivity contribution in [3.63, 3.8) is 0 Å². The second-order valence-corrected chi connectivity index (χ2v) is 5.56. The van der Waals surface area contributed by atoms with Gasteiger partial charge in [-0.3, -0.25) is 15.0 Å². The minimum atomic E-state index is -0.435. The van der Waals surface area contributed by atoms with Crippen molar-refractivity contribution in [2.24, 2.45) is 5.92 Å². The zero-order chi connectivity index (χ0) is 13.7. The smallest absolute Gasteiger partial charge is 0.321 e. The Kier molecular flexibility index (Phi) is 5.15. The predicted molar refractivity (Wildman–Crippen MR) is 72.8 cm³/mol. The van der Waals surface area contributed by atoms with Crippen LogP contribution in [-0.4, -0.2) is 56.1 Å². The Morgan fingerprint density at radius 2 is 2.05 bits per heavy atom. The Hall–Kier alpha value is -1.14. The van der Waals surface area contributed by atoms with Crippen LogP contribution in [0.4, 0.5) is 4.79 Å². The molecule has 0 aromatic heterocycles. The fourth-order valence-corrected chi connectivity index (χ4v) is 2.53. The Labute approximate surface area is 114 Å². The first-order chi connectivity index (χ1) is 9.17. The lowest BCUT2D eigenvalue weighted by molar-refractivity contribution is -0.121. The predicted octanol–water partition coefficient (Wildman–Crippen LogP) is -0.0940. The number of hydrogen-bond acceptors (Lipinski definition) is 4. The molecule has 3 amide bonds. The summed E-state index contributed by atoms with van der Waals surface area (Å²) in [6, 6.07) is 0.0573. The Morgan fingerprint density at radius 3 is 2.63 bits per heavy atom. The van der Waals surface area contributed by atoms with E-state index in [9.17, 15) is 9.59 Å². The molecule has 2 fully saturated rings. The van der Waals surface area contributed by atoms with E-state index in [1.54, 1.807) is 0 Å². The topological polar surface area (TPSA) is 73.5 Å². The largest absolute Gasteiger partial charge is 0.341 e. The van der Waals surface area contributed by atoms with E-state index in [1.807, 2.05) is 0 Å². The molecule has 1 saturated carbocycles. The highest BCUT2D eigenvalue weighted by Gasteiger charge is 2.27. The number of rotatable bonds is 6. The molecule has 108 valence electrons. The van der Waals surface area contributed by atoms with Crippen LogP contribution in [0.15, 0.2) is 0 Å². The second-order valence-electron chi connectivity index (χ2n) is 5.56. The van der Waals surface area contributed by atoms with Crippen molar-refractivity contribution in [2.75, 3.05) is 33.2 Å². The van der Waals surface area contributed by atoms with Crippen molar-refractivity contribution in [1.29, 1.82) is 0 Å². The molecule has 2 aliphatic rings. The van der Waals surface area contributed by atoms with Crippen LogP contribution < -0.4 is 16.0 Å². The Bertz CT molecular complexity index is 325. The van der Waals surface area contributed by atoms with Crippen molar-refractivity contribution >= 4 is 11.9 Å². The number of carbonyl (C=O) groups is 2. The molecule has 2 rings (SSSR count). The minimum Gasteiger partial charge on any atom is -0.341 e. The molecule has 19 heavy (non-hydrogen) atoms. The van der Waals surface area contributed by atoms with Crippen LogP contribution in [0.1, 0.15) is 25.7 Å². The maximum Gasteiger partial charge on any atom is 0.321 e. The van der Waals surface area contributed by atoms with Gasteiger partial charge in [0.25, 0.3) is 0 Å². The van der Waals surface area contributed by atoms with Gasteiger partial charge in [0.2, 0.25) is 5.91 Å². The quantitative estimate of drug-likeness (QED) is 0.629. The Morgan fingerprint density at radius 1 is 1.26 bits per heavy atom. The minimum absolute atomic E-state index is 0.224. The number of nitrogens with zero attached hydrogens (tertiary/aromatic N) is 1. The van der Waals surface area contributed by atoms with E-state index in [0.717, 1.165) is 25.6 Å². The first-order valence-corrected chi connectivity index (χ1v) is 7.14. The van der Waals surface area contributed by atoms with Crippen molar-refractivity contribution in [1.82, 2.24) is 20.9 Å². The molecular weight excluding hydrogens is 244 g/mol. The highest BCUT2D eigenvalue weighted by atomic mass is 16.2. The summed E-state index contributed by atoms with van der Waals surface area (Å²) < 4.78 is 0. The summed E-state index contributed by atoms with van der Waals surface area (Å²) in [5.41, 5.74) is 0. The molecule has 1 saturated heterocycles. The second kappa shape index (κ2) is 6.86.